The van der Waals surface area contributed by atoms with Gasteiger partial charge in [-0.3, -0.25) is 4.79 Å². The zero-order chi connectivity index (χ0) is 13.0. The van der Waals surface area contributed by atoms with Crippen LogP contribution >= 0.6 is 11.6 Å². The van der Waals surface area contributed by atoms with Crippen LogP contribution in [0.15, 0.2) is 35.1 Å². The number of benzene rings is 1. The van der Waals surface area contributed by atoms with E-state index in [0.29, 0.717) is 17.9 Å². The van der Waals surface area contributed by atoms with Gasteiger partial charge in [-0.25, -0.2) is 4.98 Å². The number of hydrogen-bond acceptors (Lipinski definition) is 3. The van der Waals surface area contributed by atoms with Crippen molar-refractivity contribution in [3.05, 3.63) is 57.8 Å². The second-order valence-corrected chi connectivity index (χ2v) is 4.11. The fourth-order valence-corrected chi connectivity index (χ4v) is 1.83. The zero-order valence-corrected chi connectivity index (χ0v) is 10.7. The fraction of sp³-hybridized carbons (Fsp3) is 0.231. The van der Waals surface area contributed by atoms with Gasteiger partial charge in [-0.05, 0) is 17.7 Å². The van der Waals surface area contributed by atoms with Crippen molar-refractivity contribution < 1.29 is 4.74 Å². The summed E-state index contributed by atoms with van der Waals surface area (Å²) in [5.74, 6) is 1.62. The normalized spacial score (nSPS) is 10.3. The van der Waals surface area contributed by atoms with Crippen molar-refractivity contribution in [2.24, 2.45) is 0 Å². The first kappa shape index (κ1) is 12.6. The summed E-state index contributed by atoms with van der Waals surface area (Å²) in [7, 11) is 1.62. The third-order valence-electron chi connectivity index (χ3n) is 2.49. The summed E-state index contributed by atoms with van der Waals surface area (Å²) in [6, 6.07) is 9.04. The highest BCUT2D eigenvalue weighted by atomic mass is 35.5. The summed E-state index contributed by atoms with van der Waals surface area (Å²) in [5.41, 5.74) is 1.42. The number of aromatic amines is 1. The Morgan fingerprint density at radius 2 is 2.22 bits per heavy atom. The van der Waals surface area contributed by atoms with Crippen LogP contribution in [0, 0.1) is 0 Å². The number of methoxy groups -OCH3 is 1. The van der Waals surface area contributed by atoms with Gasteiger partial charge in [-0.15, -0.1) is 11.6 Å². The van der Waals surface area contributed by atoms with E-state index in [1.807, 2.05) is 24.3 Å². The van der Waals surface area contributed by atoms with Gasteiger partial charge in [0.05, 0.1) is 18.7 Å². The molecule has 1 aromatic carbocycles. The Hall–Kier alpha value is -1.81. The van der Waals surface area contributed by atoms with Crippen LogP contribution in [0.2, 0.25) is 0 Å². The average Bonchev–Trinajstić information content (AvgIpc) is 2.38. The third kappa shape index (κ3) is 3.11. The predicted molar refractivity (Wildman–Crippen MR) is 70.2 cm³/mol. The molecular weight excluding hydrogens is 252 g/mol. The van der Waals surface area contributed by atoms with Crippen molar-refractivity contribution in [3.8, 4) is 5.75 Å². The van der Waals surface area contributed by atoms with Crippen molar-refractivity contribution in [3.63, 3.8) is 0 Å². The van der Waals surface area contributed by atoms with E-state index >= 15 is 0 Å². The number of H-pyrrole nitrogens is 1. The van der Waals surface area contributed by atoms with Crippen LogP contribution < -0.4 is 10.3 Å². The minimum atomic E-state index is -0.182. The topological polar surface area (TPSA) is 55.0 Å². The highest BCUT2D eigenvalue weighted by Crippen LogP contribution is 2.14. The van der Waals surface area contributed by atoms with E-state index in [9.17, 15) is 4.79 Å². The molecule has 5 heteroatoms. The molecule has 0 radical (unpaired) electrons. The molecule has 18 heavy (non-hydrogen) atoms. The van der Waals surface area contributed by atoms with Crippen LogP contribution in [0.25, 0.3) is 0 Å². The molecule has 0 saturated carbocycles. The molecule has 1 aromatic heterocycles. The predicted octanol–water partition coefficient (Wildman–Crippen LogP) is 2.11. The van der Waals surface area contributed by atoms with Gasteiger partial charge in [0.25, 0.3) is 5.56 Å². The molecule has 0 fully saturated rings. The number of halogens is 1. The first-order valence-electron chi connectivity index (χ1n) is 5.49. The quantitative estimate of drug-likeness (QED) is 0.861. The molecule has 94 valence electrons. The van der Waals surface area contributed by atoms with Crippen molar-refractivity contribution in [2.45, 2.75) is 12.3 Å². The number of aromatic nitrogens is 2. The van der Waals surface area contributed by atoms with Gasteiger partial charge in [0.2, 0.25) is 0 Å². The number of nitrogens with one attached hydrogen (secondary N) is 1. The van der Waals surface area contributed by atoms with Gasteiger partial charge in [0.1, 0.15) is 11.6 Å². The van der Waals surface area contributed by atoms with E-state index < -0.39 is 0 Å². The lowest BCUT2D eigenvalue weighted by molar-refractivity contribution is 0.414. The van der Waals surface area contributed by atoms with Crippen LogP contribution in [-0.2, 0) is 12.3 Å². The molecule has 0 amide bonds. The van der Waals surface area contributed by atoms with Crippen molar-refractivity contribution in [1.29, 1.82) is 0 Å². The van der Waals surface area contributed by atoms with E-state index in [-0.39, 0.29) is 11.4 Å². The maximum absolute atomic E-state index is 11.4. The Morgan fingerprint density at radius 3 is 2.94 bits per heavy atom. The molecule has 2 aromatic rings. The molecule has 0 aliphatic carbocycles. The molecule has 1 heterocycles. The van der Waals surface area contributed by atoms with Crippen LogP contribution in [0.5, 0.6) is 5.75 Å². The summed E-state index contributed by atoms with van der Waals surface area (Å²) >= 11 is 5.69. The Bertz CT molecular complexity index is 596. The van der Waals surface area contributed by atoms with E-state index in [1.54, 1.807) is 7.11 Å². The molecule has 0 spiro atoms. The lowest BCUT2D eigenvalue weighted by Crippen LogP contribution is -2.12. The highest BCUT2D eigenvalue weighted by molar-refractivity contribution is 6.16. The number of rotatable bonds is 4. The zero-order valence-electron chi connectivity index (χ0n) is 9.94. The number of alkyl halides is 1. The molecule has 4 nitrogen and oxygen atoms in total. The number of hydrogen-bond donors (Lipinski definition) is 1. The average molecular weight is 265 g/mol. The summed E-state index contributed by atoms with van der Waals surface area (Å²) in [6.45, 7) is 0. The fourth-order valence-electron chi connectivity index (χ4n) is 1.69. The van der Waals surface area contributed by atoms with Crippen LogP contribution in [0.4, 0.5) is 0 Å². The molecule has 0 aliphatic rings. The van der Waals surface area contributed by atoms with Gasteiger partial charge >= 0.3 is 0 Å². The van der Waals surface area contributed by atoms with Gasteiger partial charge in [0.15, 0.2) is 0 Å². The summed E-state index contributed by atoms with van der Waals surface area (Å²) in [5, 5.41) is 0. The minimum Gasteiger partial charge on any atom is -0.497 e. The van der Waals surface area contributed by atoms with Crippen LogP contribution in [0.3, 0.4) is 0 Å². The molecule has 0 atom stereocenters. The Kier molecular flexibility index (Phi) is 3.99. The molecule has 2 rings (SSSR count). The van der Waals surface area contributed by atoms with E-state index in [0.717, 1.165) is 11.3 Å². The largest absolute Gasteiger partial charge is 0.497 e. The Morgan fingerprint density at radius 1 is 1.39 bits per heavy atom. The third-order valence-corrected chi connectivity index (χ3v) is 2.76. The van der Waals surface area contributed by atoms with E-state index in [2.05, 4.69) is 9.97 Å². The van der Waals surface area contributed by atoms with E-state index in [1.165, 1.54) is 6.07 Å². The monoisotopic (exact) mass is 264 g/mol. The minimum absolute atomic E-state index is 0.182. The second-order valence-electron chi connectivity index (χ2n) is 3.85. The highest BCUT2D eigenvalue weighted by Gasteiger charge is 2.03. The molecule has 1 N–H and O–H groups in total. The molecule has 0 unspecified atom stereocenters. The Labute approximate surface area is 110 Å². The second kappa shape index (κ2) is 5.69. The van der Waals surface area contributed by atoms with Gasteiger partial charge in [0, 0.05) is 12.5 Å². The summed E-state index contributed by atoms with van der Waals surface area (Å²) < 4.78 is 5.15. The van der Waals surface area contributed by atoms with Crippen molar-refractivity contribution in [2.75, 3.05) is 7.11 Å². The Balaban J connectivity index is 2.27. The van der Waals surface area contributed by atoms with Crippen molar-refractivity contribution >= 4 is 11.6 Å². The van der Waals surface area contributed by atoms with Gasteiger partial charge < -0.3 is 9.72 Å². The van der Waals surface area contributed by atoms with Crippen molar-refractivity contribution in [1.82, 2.24) is 9.97 Å². The van der Waals surface area contributed by atoms with Crippen LogP contribution in [-0.4, -0.2) is 17.1 Å². The maximum atomic E-state index is 11.4. The molecule has 0 saturated heterocycles. The van der Waals surface area contributed by atoms with E-state index in [4.69, 9.17) is 16.3 Å². The standard InChI is InChI=1S/C13H13ClN2O2/c1-18-11-4-2-3-9(5-11)6-12-15-10(8-14)7-13(17)16-12/h2-5,7H,6,8H2,1H3,(H,15,16,17). The molecule has 0 bridgehead atoms. The number of nitrogens with zero attached hydrogens (tertiary/aromatic N) is 1. The lowest BCUT2D eigenvalue weighted by atomic mass is 10.1. The first-order chi connectivity index (χ1) is 8.71. The lowest BCUT2D eigenvalue weighted by Gasteiger charge is -2.05. The SMILES string of the molecule is COc1cccc(Cc2nc(CCl)cc(=O)[nH]2)c1. The molecule has 0 aliphatic heterocycles. The number of ether oxygens (including phenoxy) is 1. The summed E-state index contributed by atoms with van der Waals surface area (Å²) in [4.78, 5) is 18.4. The van der Waals surface area contributed by atoms with Gasteiger partial charge in [-0.2, -0.15) is 0 Å². The smallest absolute Gasteiger partial charge is 0.251 e. The molecular formula is C13H13ClN2O2. The summed E-state index contributed by atoms with van der Waals surface area (Å²) in [6.07, 6.45) is 0.539. The first-order valence-corrected chi connectivity index (χ1v) is 6.02. The van der Waals surface area contributed by atoms with Gasteiger partial charge in [-0.1, -0.05) is 12.1 Å². The van der Waals surface area contributed by atoms with Crippen LogP contribution in [0.1, 0.15) is 17.1 Å². The maximum Gasteiger partial charge on any atom is 0.251 e.